The summed E-state index contributed by atoms with van der Waals surface area (Å²) in [5.41, 5.74) is 1.20. The summed E-state index contributed by atoms with van der Waals surface area (Å²) in [5.74, 6) is 0.0600. The van der Waals surface area contributed by atoms with Gasteiger partial charge in [0.2, 0.25) is 11.8 Å². The number of carbonyl (C=O) groups excluding carboxylic acids is 2. The lowest BCUT2D eigenvalue weighted by Crippen LogP contribution is -2.45. The van der Waals surface area contributed by atoms with E-state index in [-0.39, 0.29) is 11.8 Å². The maximum Gasteiger partial charge on any atom is 0.239 e. The summed E-state index contributed by atoms with van der Waals surface area (Å²) in [6.07, 6.45) is 0.647. The molecule has 2 N–H and O–H groups in total. The smallest absolute Gasteiger partial charge is 0.239 e. The number of carbonyl (C=O) groups is 2. The third kappa shape index (κ3) is 5.23. The SMILES string of the molecule is COc1cccc(CCNC(=O)C(C)(C)C(=O)Nc2cccc(Cl)c2C)c1. The molecule has 0 bridgehead atoms. The molecule has 0 atom stereocenters. The number of amides is 2. The van der Waals surface area contributed by atoms with Crippen molar-refractivity contribution in [3.05, 3.63) is 58.6 Å². The molecule has 5 nitrogen and oxygen atoms in total. The van der Waals surface area contributed by atoms with Gasteiger partial charge in [-0.1, -0.05) is 29.8 Å². The highest BCUT2D eigenvalue weighted by Gasteiger charge is 2.36. The molecule has 27 heavy (non-hydrogen) atoms. The number of halogens is 1. The molecule has 0 fully saturated rings. The minimum Gasteiger partial charge on any atom is -0.497 e. The molecule has 0 radical (unpaired) electrons. The highest BCUT2D eigenvalue weighted by Crippen LogP contribution is 2.25. The zero-order valence-corrected chi connectivity index (χ0v) is 16.8. The maximum absolute atomic E-state index is 12.6. The Kier molecular flexibility index (Phi) is 6.86. The zero-order chi connectivity index (χ0) is 20.0. The van der Waals surface area contributed by atoms with E-state index in [0.29, 0.717) is 23.7 Å². The van der Waals surface area contributed by atoms with E-state index in [1.54, 1.807) is 39.2 Å². The number of hydrogen-bond donors (Lipinski definition) is 2. The monoisotopic (exact) mass is 388 g/mol. The lowest BCUT2D eigenvalue weighted by molar-refractivity contribution is -0.138. The molecule has 0 spiro atoms. The molecule has 0 aliphatic rings. The highest BCUT2D eigenvalue weighted by atomic mass is 35.5. The fourth-order valence-electron chi connectivity index (χ4n) is 2.49. The number of rotatable bonds is 7. The fraction of sp³-hybridized carbons (Fsp3) is 0.333. The van der Waals surface area contributed by atoms with Gasteiger partial charge in [-0.2, -0.15) is 0 Å². The molecule has 0 aliphatic carbocycles. The van der Waals surface area contributed by atoms with Crippen LogP contribution in [0, 0.1) is 12.3 Å². The summed E-state index contributed by atoms with van der Waals surface area (Å²) in [6, 6.07) is 12.9. The first kappa shape index (κ1) is 20.8. The molecule has 0 saturated carbocycles. The Morgan fingerprint density at radius 2 is 1.81 bits per heavy atom. The van der Waals surface area contributed by atoms with E-state index in [0.717, 1.165) is 16.9 Å². The third-order valence-corrected chi connectivity index (χ3v) is 4.89. The van der Waals surface area contributed by atoms with Gasteiger partial charge < -0.3 is 15.4 Å². The average molecular weight is 389 g/mol. The van der Waals surface area contributed by atoms with Crippen LogP contribution in [0.15, 0.2) is 42.5 Å². The Bertz CT molecular complexity index is 834. The Labute approximate surface area is 165 Å². The van der Waals surface area contributed by atoms with Crippen molar-refractivity contribution in [2.45, 2.75) is 27.2 Å². The first-order chi connectivity index (χ1) is 12.8. The minimum absolute atomic E-state index is 0.331. The van der Waals surface area contributed by atoms with Gasteiger partial charge in [-0.15, -0.1) is 0 Å². The molecule has 0 heterocycles. The first-order valence-electron chi connectivity index (χ1n) is 8.73. The Balaban J connectivity index is 1.95. The Morgan fingerprint density at radius 1 is 1.11 bits per heavy atom. The van der Waals surface area contributed by atoms with E-state index in [4.69, 9.17) is 16.3 Å². The van der Waals surface area contributed by atoms with Crippen molar-refractivity contribution in [2.75, 3.05) is 19.0 Å². The number of ether oxygens (including phenoxy) is 1. The van der Waals surface area contributed by atoms with Crippen molar-refractivity contribution in [2.24, 2.45) is 5.41 Å². The van der Waals surface area contributed by atoms with Gasteiger partial charge >= 0.3 is 0 Å². The van der Waals surface area contributed by atoms with Crippen LogP contribution in [0.1, 0.15) is 25.0 Å². The second-order valence-electron chi connectivity index (χ2n) is 6.85. The van der Waals surface area contributed by atoms with Crippen LogP contribution in [0.3, 0.4) is 0 Å². The summed E-state index contributed by atoms with van der Waals surface area (Å²) in [7, 11) is 1.61. The Hall–Kier alpha value is -2.53. The summed E-state index contributed by atoms with van der Waals surface area (Å²) in [5, 5.41) is 6.19. The lowest BCUT2D eigenvalue weighted by atomic mass is 9.90. The van der Waals surface area contributed by atoms with Crippen LogP contribution < -0.4 is 15.4 Å². The van der Waals surface area contributed by atoms with Gasteiger partial charge in [0.05, 0.1) is 7.11 Å². The molecule has 2 rings (SSSR count). The molecule has 0 aromatic heterocycles. The summed E-state index contributed by atoms with van der Waals surface area (Å²) in [4.78, 5) is 25.2. The summed E-state index contributed by atoms with van der Waals surface area (Å²) >= 11 is 6.08. The normalized spacial score (nSPS) is 11.0. The van der Waals surface area contributed by atoms with E-state index in [1.165, 1.54) is 0 Å². The molecular weight excluding hydrogens is 364 g/mol. The summed E-state index contributed by atoms with van der Waals surface area (Å²) < 4.78 is 5.19. The van der Waals surface area contributed by atoms with Crippen molar-refractivity contribution >= 4 is 29.1 Å². The van der Waals surface area contributed by atoms with Gasteiger partial charge in [-0.3, -0.25) is 9.59 Å². The van der Waals surface area contributed by atoms with Crippen molar-refractivity contribution in [3.8, 4) is 5.75 Å². The van der Waals surface area contributed by atoms with Gasteiger partial charge in [-0.05, 0) is 62.6 Å². The standard InChI is InChI=1S/C21H25ClN2O3/c1-14-17(22)9-6-10-18(14)24-20(26)21(2,3)19(25)23-12-11-15-7-5-8-16(13-15)27-4/h5-10,13H,11-12H2,1-4H3,(H,23,25)(H,24,26). The second-order valence-corrected chi connectivity index (χ2v) is 7.26. The zero-order valence-electron chi connectivity index (χ0n) is 16.1. The molecule has 144 valence electrons. The molecule has 0 unspecified atom stereocenters. The van der Waals surface area contributed by atoms with Crippen molar-refractivity contribution in [1.82, 2.24) is 5.32 Å². The number of benzene rings is 2. The van der Waals surface area contributed by atoms with Crippen LogP contribution in [0.5, 0.6) is 5.75 Å². The third-order valence-electron chi connectivity index (χ3n) is 4.48. The van der Waals surface area contributed by atoms with Gasteiger partial charge in [0.25, 0.3) is 0 Å². The molecule has 6 heteroatoms. The second kappa shape index (κ2) is 8.91. The minimum atomic E-state index is -1.22. The van der Waals surface area contributed by atoms with Crippen LogP contribution in [0.25, 0.3) is 0 Å². The van der Waals surface area contributed by atoms with E-state index in [9.17, 15) is 9.59 Å². The fourth-order valence-corrected chi connectivity index (χ4v) is 2.67. The van der Waals surface area contributed by atoms with Gasteiger partial charge in [0.15, 0.2) is 0 Å². The van der Waals surface area contributed by atoms with E-state index in [1.807, 2.05) is 31.2 Å². The van der Waals surface area contributed by atoms with E-state index in [2.05, 4.69) is 10.6 Å². The topological polar surface area (TPSA) is 67.4 Å². The van der Waals surface area contributed by atoms with E-state index < -0.39 is 5.41 Å². The Morgan fingerprint density at radius 3 is 2.52 bits per heavy atom. The predicted octanol–water partition coefficient (Wildman–Crippen LogP) is 3.98. The quantitative estimate of drug-likeness (QED) is 0.705. The van der Waals surface area contributed by atoms with Crippen molar-refractivity contribution in [1.29, 1.82) is 0 Å². The number of anilines is 1. The number of nitrogens with one attached hydrogen (secondary N) is 2. The summed E-state index contributed by atoms with van der Waals surface area (Å²) in [6.45, 7) is 5.45. The largest absolute Gasteiger partial charge is 0.497 e. The molecule has 2 aromatic rings. The first-order valence-corrected chi connectivity index (χ1v) is 9.11. The van der Waals surface area contributed by atoms with Crippen LogP contribution in [0.2, 0.25) is 5.02 Å². The molecular formula is C21H25ClN2O3. The maximum atomic E-state index is 12.6. The molecule has 2 amide bonds. The van der Waals surface area contributed by atoms with Crippen LogP contribution in [0.4, 0.5) is 5.69 Å². The number of methoxy groups -OCH3 is 1. The van der Waals surface area contributed by atoms with Crippen LogP contribution in [-0.4, -0.2) is 25.5 Å². The van der Waals surface area contributed by atoms with Crippen LogP contribution >= 0.6 is 11.6 Å². The lowest BCUT2D eigenvalue weighted by Gasteiger charge is -2.23. The van der Waals surface area contributed by atoms with Crippen molar-refractivity contribution < 1.29 is 14.3 Å². The van der Waals surface area contributed by atoms with Gasteiger partial charge in [-0.25, -0.2) is 0 Å². The average Bonchev–Trinajstić information content (AvgIpc) is 2.65. The molecule has 2 aromatic carbocycles. The van der Waals surface area contributed by atoms with Crippen LogP contribution in [-0.2, 0) is 16.0 Å². The molecule has 0 aliphatic heterocycles. The predicted molar refractivity (Wildman–Crippen MR) is 108 cm³/mol. The highest BCUT2D eigenvalue weighted by molar-refractivity contribution is 6.31. The van der Waals surface area contributed by atoms with E-state index >= 15 is 0 Å². The molecule has 0 saturated heterocycles. The number of hydrogen-bond acceptors (Lipinski definition) is 3. The van der Waals surface area contributed by atoms with Gasteiger partial charge in [0, 0.05) is 17.3 Å². The van der Waals surface area contributed by atoms with Crippen molar-refractivity contribution in [3.63, 3.8) is 0 Å². The van der Waals surface area contributed by atoms with Gasteiger partial charge in [0.1, 0.15) is 11.2 Å².